The van der Waals surface area contributed by atoms with Crippen molar-refractivity contribution in [2.24, 2.45) is 11.3 Å². The third kappa shape index (κ3) is 6.57. The smallest absolute Gasteiger partial charge is 0.119 e. The molecular weight excluding hydrogens is 304 g/mol. The number of unbranched alkanes of at least 4 members (excludes halogenated alkanes) is 2. The van der Waals surface area contributed by atoms with Gasteiger partial charge in [0.15, 0.2) is 0 Å². The second-order valence-electron chi connectivity index (χ2n) is 7.96. The first-order valence-electron chi connectivity index (χ1n) is 9.74. The third-order valence-electron chi connectivity index (χ3n) is 5.29. The average molecular weight is 339 g/mol. The van der Waals surface area contributed by atoms with E-state index >= 15 is 0 Å². The SMILES string of the molecule is CCCCCC(C)(C)C(COc1ccccc1)Cc1cccc(C)c1. The minimum atomic E-state index is 0.272. The van der Waals surface area contributed by atoms with Gasteiger partial charge in [0.1, 0.15) is 5.75 Å². The fourth-order valence-corrected chi connectivity index (χ4v) is 3.43. The van der Waals surface area contributed by atoms with E-state index < -0.39 is 0 Å². The number of aryl methyl sites for hydroxylation is 1. The molecule has 1 atom stereocenters. The first-order valence-corrected chi connectivity index (χ1v) is 9.74. The van der Waals surface area contributed by atoms with E-state index in [1.807, 2.05) is 30.3 Å². The Morgan fingerprint density at radius 1 is 0.960 bits per heavy atom. The summed E-state index contributed by atoms with van der Waals surface area (Å²) < 4.78 is 6.16. The predicted octanol–water partition coefficient (Wildman–Crippen LogP) is 6.84. The molecule has 0 N–H and O–H groups in total. The summed E-state index contributed by atoms with van der Waals surface area (Å²) in [5.41, 5.74) is 3.03. The highest BCUT2D eigenvalue weighted by Crippen LogP contribution is 2.36. The zero-order valence-corrected chi connectivity index (χ0v) is 16.4. The summed E-state index contributed by atoms with van der Waals surface area (Å²) in [6.45, 7) is 10.0. The summed E-state index contributed by atoms with van der Waals surface area (Å²) in [6.07, 6.45) is 6.24. The highest BCUT2D eigenvalue weighted by Gasteiger charge is 2.30. The van der Waals surface area contributed by atoms with E-state index in [-0.39, 0.29) is 5.41 Å². The van der Waals surface area contributed by atoms with Gasteiger partial charge in [0.25, 0.3) is 0 Å². The van der Waals surface area contributed by atoms with Crippen LogP contribution in [-0.2, 0) is 6.42 Å². The molecule has 0 fully saturated rings. The van der Waals surface area contributed by atoms with Gasteiger partial charge in [-0.1, -0.05) is 88.1 Å². The molecule has 0 spiro atoms. The van der Waals surface area contributed by atoms with Crippen molar-refractivity contribution in [3.8, 4) is 5.75 Å². The van der Waals surface area contributed by atoms with Crippen molar-refractivity contribution in [2.45, 2.75) is 59.8 Å². The van der Waals surface area contributed by atoms with Crippen LogP contribution in [0.4, 0.5) is 0 Å². The van der Waals surface area contributed by atoms with Crippen LogP contribution < -0.4 is 4.74 Å². The van der Waals surface area contributed by atoms with E-state index in [0.717, 1.165) is 18.8 Å². The van der Waals surface area contributed by atoms with Crippen LogP contribution in [0, 0.1) is 18.3 Å². The molecule has 0 saturated heterocycles. The number of benzene rings is 2. The summed E-state index contributed by atoms with van der Waals surface area (Å²) in [5, 5.41) is 0. The Hall–Kier alpha value is -1.76. The second kappa shape index (κ2) is 9.65. The lowest BCUT2D eigenvalue weighted by atomic mass is 9.72. The molecular formula is C24H34O. The average Bonchev–Trinajstić information content (AvgIpc) is 2.59. The molecule has 0 bridgehead atoms. The minimum Gasteiger partial charge on any atom is -0.493 e. The van der Waals surface area contributed by atoms with Gasteiger partial charge in [0.05, 0.1) is 6.61 Å². The van der Waals surface area contributed by atoms with Crippen LogP contribution in [0.25, 0.3) is 0 Å². The van der Waals surface area contributed by atoms with Crippen molar-refractivity contribution in [1.29, 1.82) is 0 Å². The number of para-hydroxylation sites is 1. The summed E-state index contributed by atoms with van der Waals surface area (Å²) in [7, 11) is 0. The van der Waals surface area contributed by atoms with Crippen molar-refractivity contribution in [2.75, 3.05) is 6.61 Å². The molecule has 0 aliphatic carbocycles. The van der Waals surface area contributed by atoms with Gasteiger partial charge in [-0.2, -0.15) is 0 Å². The van der Waals surface area contributed by atoms with Gasteiger partial charge in [-0.3, -0.25) is 0 Å². The van der Waals surface area contributed by atoms with Crippen LogP contribution in [0.3, 0.4) is 0 Å². The molecule has 2 aromatic carbocycles. The largest absolute Gasteiger partial charge is 0.493 e. The van der Waals surface area contributed by atoms with E-state index in [9.17, 15) is 0 Å². The number of hydrogen-bond donors (Lipinski definition) is 0. The molecule has 1 unspecified atom stereocenters. The normalized spacial score (nSPS) is 12.8. The van der Waals surface area contributed by atoms with Crippen molar-refractivity contribution in [1.82, 2.24) is 0 Å². The van der Waals surface area contributed by atoms with E-state index in [4.69, 9.17) is 4.74 Å². The van der Waals surface area contributed by atoms with E-state index in [0.29, 0.717) is 5.92 Å². The van der Waals surface area contributed by atoms with Gasteiger partial charge >= 0.3 is 0 Å². The van der Waals surface area contributed by atoms with E-state index in [1.165, 1.54) is 36.8 Å². The molecule has 0 saturated carbocycles. The Kier molecular flexibility index (Phi) is 7.55. The Bertz CT molecular complexity index is 615. The maximum atomic E-state index is 6.16. The van der Waals surface area contributed by atoms with Gasteiger partial charge in [0.2, 0.25) is 0 Å². The topological polar surface area (TPSA) is 9.23 Å². The number of ether oxygens (including phenoxy) is 1. The summed E-state index contributed by atoms with van der Waals surface area (Å²) in [6, 6.07) is 19.1. The molecule has 136 valence electrons. The number of rotatable bonds is 10. The molecule has 1 heteroatoms. The first-order chi connectivity index (χ1) is 12.0. The zero-order chi connectivity index (χ0) is 18.1. The van der Waals surface area contributed by atoms with Crippen molar-refractivity contribution in [3.05, 3.63) is 65.7 Å². The van der Waals surface area contributed by atoms with Crippen LogP contribution in [-0.4, -0.2) is 6.61 Å². The molecule has 2 aromatic rings. The molecule has 1 nitrogen and oxygen atoms in total. The fourth-order valence-electron chi connectivity index (χ4n) is 3.43. The Labute approximate surface area is 154 Å². The van der Waals surface area contributed by atoms with Crippen LogP contribution in [0.2, 0.25) is 0 Å². The fraction of sp³-hybridized carbons (Fsp3) is 0.500. The van der Waals surface area contributed by atoms with Gasteiger partial charge in [0, 0.05) is 5.92 Å². The highest BCUT2D eigenvalue weighted by molar-refractivity contribution is 5.23. The van der Waals surface area contributed by atoms with Gasteiger partial charge in [-0.25, -0.2) is 0 Å². The Morgan fingerprint density at radius 3 is 2.40 bits per heavy atom. The molecule has 0 aromatic heterocycles. The maximum Gasteiger partial charge on any atom is 0.119 e. The summed E-state index contributed by atoms with van der Waals surface area (Å²) in [5.74, 6) is 1.48. The minimum absolute atomic E-state index is 0.272. The third-order valence-corrected chi connectivity index (χ3v) is 5.29. The van der Waals surface area contributed by atoms with Gasteiger partial charge < -0.3 is 4.74 Å². The lowest BCUT2D eigenvalue weighted by Crippen LogP contribution is -2.31. The predicted molar refractivity (Wildman–Crippen MR) is 108 cm³/mol. The van der Waals surface area contributed by atoms with Crippen molar-refractivity contribution in [3.63, 3.8) is 0 Å². The van der Waals surface area contributed by atoms with Gasteiger partial charge in [-0.15, -0.1) is 0 Å². The molecule has 0 radical (unpaired) electrons. The molecule has 0 heterocycles. The highest BCUT2D eigenvalue weighted by atomic mass is 16.5. The standard InChI is InChI=1S/C24H34O/c1-5-6-10-16-24(3,4)22(18-21-13-11-12-20(2)17-21)19-25-23-14-8-7-9-15-23/h7-9,11-15,17,22H,5-6,10,16,18-19H2,1-4H3. The van der Waals surface area contributed by atoms with Crippen molar-refractivity contribution >= 4 is 0 Å². The monoisotopic (exact) mass is 338 g/mol. The van der Waals surface area contributed by atoms with Crippen LogP contribution >= 0.6 is 0 Å². The lowest BCUT2D eigenvalue weighted by Gasteiger charge is -2.35. The second-order valence-corrected chi connectivity index (χ2v) is 7.96. The van der Waals surface area contributed by atoms with Crippen molar-refractivity contribution < 1.29 is 4.74 Å². The van der Waals surface area contributed by atoms with Gasteiger partial charge in [-0.05, 0) is 42.9 Å². The summed E-state index contributed by atoms with van der Waals surface area (Å²) in [4.78, 5) is 0. The molecule has 25 heavy (non-hydrogen) atoms. The first kappa shape index (κ1) is 19.6. The number of hydrogen-bond acceptors (Lipinski definition) is 1. The molecule has 0 aliphatic rings. The Morgan fingerprint density at radius 2 is 1.72 bits per heavy atom. The summed E-state index contributed by atoms with van der Waals surface area (Å²) >= 11 is 0. The lowest BCUT2D eigenvalue weighted by molar-refractivity contribution is 0.118. The zero-order valence-electron chi connectivity index (χ0n) is 16.4. The van der Waals surface area contributed by atoms with E-state index in [2.05, 4.69) is 52.0 Å². The van der Waals surface area contributed by atoms with Crippen LogP contribution in [0.5, 0.6) is 5.75 Å². The molecule has 0 aliphatic heterocycles. The van der Waals surface area contributed by atoms with Crippen LogP contribution in [0.15, 0.2) is 54.6 Å². The van der Waals surface area contributed by atoms with Crippen LogP contribution in [0.1, 0.15) is 57.6 Å². The molecule has 0 amide bonds. The van der Waals surface area contributed by atoms with E-state index in [1.54, 1.807) is 0 Å². The Balaban J connectivity index is 2.09. The maximum absolute atomic E-state index is 6.16. The quantitative estimate of drug-likeness (QED) is 0.431. The molecule has 2 rings (SSSR count).